The number of benzene rings is 1. The van der Waals surface area contributed by atoms with E-state index in [4.69, 9.17) is 9.84 Å². The predicted molar refractivity (Wildman–Crippen MR) is 58.1 cm³/mol. The molecule has 0 saturated carbocycles. The molecule has 0 amide bonds. The Morgan fingerprint density at radius 2 is 2.12 bits per heavy atom. The molecule has 5 nitrogen and oxygen atoms in total. The number of hydrogen-bond donors (Lipinski definition) is 1. The number of para-hydroxylation sites is 2. The second-order valence-electron chi connectivity index (χ2n) is 3.14. The van der Waals surface area contributed by atoms with Crippen molar-refractivity contribution in [1.82, 2.24) is 9.78 Å². The number of rotatable bonds is 2. The van der Waals surface area contributed by atoms with Gasteiger partial charge in [-0.15, -0.1) is 0 Å². The summed E-state index contributed by atoms with van der Waals surface area (Å²) in [5.41, 5.74) is 0.125. The highest BCUT2D eigenvalue weighted by molar-refractivity contribution is 5.45. The summed E-state index contributed by atoms with van der Waals surface area (Å²) in [7, 11) is 1.52. The quantitative estimate of drug-likeness (QED) is 0.815. The van der Waals surface area contributed by atoms with Gasteiger partial charge < -0.3 is 9.84 Å². The molecule has 0 unspecified atom stereocenters. The monoisotopic (exact) mass is 218 g/mol. The second-order valence-corrected chi connectivity index (χ2v) is 3.14. The highest BCUT2D eigenvalue weighted by Gasteiger charge is 2.07. The summed E-state index contributed by atoms with van der Waals surface area (Å²) in [5, 5.41) is 12.9. The molecule has 0 saturated heterocycles. The van der Waals surface area contributed by atoms with Gasteiger partial charge in [0.05, 0.1) is 13.3 Å². The Morgan fingerprint density at radius 1 is 1.38 bits per heavy atom. The number of hydrogen-bond acceptors (Lipinski definition) is 4. The van der Waals surface area contributed by atoms with Crippen LogP contribution in [0.3, 0.4) is 0 Å². The van der Waals surface area contributed by atoms with E-state index in [9.17, 15) is 4.79 Å². The van der Waals surface area contributed by atoms with Gasteiger partial charge in [0.15, 0.2) is 0 Å². The van der Waals surface area contributed by atoms with Crippen molar-refractivity contribution in [1.29, 1.82) is 0 Å². The summed E-state index contributed by atoms with van der Waals surface area (Å²) >= 11 is 0. The molecule has 0 aliphatic heterocycles. The van der Waals surface area contributed by atoms with E-state index in [-0.39, 0.29) is 5.75 Å². The molecule has 0 atom stereocenters. The lowest BCUT2D eigenvalue weighted by Crippen LogP contribution is -2.19. The van der Waals surface area contributed by atoms with Crippen LogP contribution < -0.4 is 10.3 Å². The summed E-state index contributed by atoms with van der Waals surface area (Å²) in [6, 6.07) is 8.12. The first-order chi connectivity index (χ1) is 7.72. The summed E-state index contributed by atoms with van der Waals surface area (Å²) in [4.78, 5) is 11.6. The Balaban J connectivity index is 2.63. The molecule has 1 aromatic heterocycles. The molecule has 1 aromatic carbocycles. The number of aromatic hydroxyl groups is 1. The fourth-order valence-electron chi connectivity index (χ4n) is 1.38. The van der Waals surface area contributed by atoms with Crippen molar-refractivity contribution in [2.75, 3.05) is 7.11 Å². The minimum Gasteiger partial charge on any atom is -0.506 e. The smallest absolute Gasteiger partial charge is 0.275 e. The molecule has 2 rings (SSSR count). The van der Waals surface area contributed by atoms with Crippen molar-refractivity contribution in [3.8, 4) is 17.2 Å². The van der Waals surface area contributed by atoms with Crippen molar-refractivity contribution >= 4 is 0 Å². The third kappa shape index (κ3) is 1.75. The topological polar surface area (TPSA) is 64.3 Å². The SMILES string of the molecule is COc1ccccc1-n1ncc(O)cc1=O. The van der Waals surface area contributed by atoms with Gasteiger partial charge in [-0.3, -0.25) is 4.79 Å². The summed E-state index contributed by atoms with van der Waals surface area (Å²) < 4.78 is 6.29. The van der Waals surface area contributed by atoms with E-state index >= 15 is 0 Å². The molecule has 5 heteroatoms. The molecule has 0 radical (unpaired) electrons. The van der Waals surface area contributed by atoms with Gasteiger partial charge in [-0.05, 0) is 12.1 Å². The molecule has 0 aliphatic rings. The van der Waals surface area contributed by atoms with Crippen molar-refractivity contribution in [3.05, 3.63) is 46.9 Å². The van der Waals surface area contributed by atoms with E-state index in [1.807, 2.05) is 0 Å². The first-order valence-electron chi connectivity index (χ1n) is 4.64. The first kappa shape index (κ1) is 10.2. The maximum absolute atomic E-state index is 11.6. The third-order valence-electron chi connectivity index (χ3n) is 2.10. The lowest BCUT2D eigenvalue weighted by atomic mass is 10.3. The predicted octanol–water partition coefficient (Wildman–Crippen LogP) is 0.947. The highest BCUT2D eigenvalue weighted by atomic mass is 16.5. The van der Waals surface area contributed by atoms with Crippen LogP contribution in [0, 0.1) is 0 Å². The minimum absolute atomic E-state index is 0.156. The van der Waals surface area contributed by atoms with E-state index in [1.54, 1.807) is 24.3 Å². The fourth-order valence-corrected chi connectivity index (χ4v) is 1.38. The van der Waals surface area contributed by atoms with Gasteiger partial charge in [0.25, 0.3) is 5.56 Å². The molecule has 82 valence electrons. The van der Waals surface area contributed by atoms with Crippen molar-refractivity contribution in [3.63, 3.8) is 0 Å². The van der Waals surface area contributed by atoms with Crippen LogP contribution in [0.15, 0.2) is 41.3 Å². The van der Waals surface area contributed by atoms with Crippen LogP contribution in [-0.2, 0) is 0 Å². The van der Waals surface area contributed by atoms with Gasteiger partial charge in [0.2, 0.25) is 0 Å². The van der Waals surface area contributed by atoms with Crippen LogP contribution in [0.25, 0.3) is 5.69 Å². The summed E-state index contributed by atoms with van der Waals surface area (Å²) in [5.74, 6) is 0.388. The fraction of sp³-hybridized carbons (Fsp3) is 0.0909. The van der Waals surface area contributed by atoms with Gasteiger partial charge >= 0.3 is 0 Å². The highest BCUT2D eigenvalue weighted by Crippen LogP contribution is 2.19. The van der Waals surface area contributed by atoms with E-state index in [2.05, 4.69) is 5.10 Å². The number of ether oxygens (including phenoxy) is 1. The normalized spacial score (nSPS) is 10.1. The zero-order valence-electron chi connectivity index (χ0n) is 8.62. The molecule has 0 aliphatic carbocycles. The third-order valence-corrected chi connectivity index (χ3v) is 2.10. The zero-order chi connectivity index (χ0) is 11.5. The van der Waals surface area contributed by atoms with Crippen LogP contribution >= 0.6 is 0 Å². The Bertz CT molecular complexity index is 563. The zero-order valence-corrected chi connectivity index (χ0v) is 8.62. The average Bonchev–Trinajstić information content (AvgIpc) is 2.29. The van der Waals surface area contributed by atoms with Crippen molar-refractivity contribution in [2.24, 2.45) is 0 Å². The molecular formula is C11H10N2O3. The Morgan fingerprint density at radius 3 is 2.81 bits per heavy atom. The molecule has 0 bridgehead atoms. The second kappa shape index (κ2) is 4.06. The molecule has 1 N–H and O–H groups in total. The number of aromatic nitrogens is 2. The largest absolute Gasteiger partial charge is 0.506 e. The average molecular weight is 218 g/mol. The van der Waals surface area contributed by atoms with Gasteiger partial charge in [-0.1, -0.05) is 12.1 Å². The Hall–Kier alpha value is -2.30. The first-order valence-corrected chi connectivity index (χ1v) is 4.64. The van der Waals surface area contributed by atoms with Crippen molar-refractivity contribution in [2.45, 2.75) is 0 Å². The molecule has 0 fully saturated rings. The minimum atomic E-state index is -0.412. The van der Waals surface area contributed by atoms with E-state index in [0.29, 0.717) is 11.4 Å². The van der Waals surface area contributed by atoms with Crippen LogP contribution in [0.4, 0.5) is 0 Å². The van der Waals surface area contributed by atoms with E-state index in [0.717, 1.165) is 6.07 Å². The molecule has 1 heterocycles. The lowest BCUT2D eigenvalue weighted by Gasteiger charge is -2.08. The Labute approximate surface area is 91.5 Å². The van der Waals surface area contributed by atoms with Gasteiger partial charge in [0.1, 0.15) is 17.2 Å². The van der Waals surface area contributed by atoms with E-state index < -0.39 is 5.56 Å². The lowest BCUT2D eigenvalue weighted by molar-refractivity contribution is 0.410. The molecule has 0 spiro atoms. The van der Waals surface area contributed by atoms with Gasteiger partial charge in [0, 0.05) is 6.07 Å². The maximum atomic E-state index is 11.6. The Kier molecular flexibility index (Phi) is 2.59. The standard InChI is InChI=1S/C11H10N2O3/c1-16-10-5-3-2-4-9(10)13-11(15)6-8(14)7-12-13/h2-7,14H,1H3. The summed E-state index contributed by atoms with van der Waals surface area (Å²) in [6.45, 7) is 0. The van der Waals surface area contributed by atoms with Crippen LogP contribution in [0.5, 0.6) is 11.5 Å². The van der Waals surface area contributed by atoms with Crippen molar-refractivity contribution < 1.29 is 9.84 Å². The van der Waals surface area contributed by atoms with Crippen LogP contribution in [0.1, 0.15) is 0 Å². The van der Waals surface area contributed by atoms with E-state index in [1.165, 1.54) is 18.0 Å². The molecule has 2 aromatic rings. The van der Waals surface area contributed by atoms with Crippen LogP contribution in [-0.4, -0.2) is 22.0 Å². The summed E-state index contributed by atoms with van der Waals surface area (Å²) in [6.07, 6.45) is 1.20. The number of nitrogens with zero attached hydrogens (tertiary/aromatic N) is 2. The van der Waals surface area contributed by atoms with Gasteiger partial charge in [-0.25, -0.2) is 0 Å². The maximum Gasteiger partial charge on any atom is 0.275 e. The molecule has 16 heavy (non-hydrogen) atoms. The van der Waals surface area contributed by atoms with Crippen LogP contribution in [0.2, 0.25) is 0 Å². The number of methoxy groups -OCH3 is 1. The molecular weight excluding hydrogens is 208 g/mol. The van der Waals surface area contributed by atoms with Gasteiger partial charge in [-0.2, -0.15) is 9.78 Å².